The standard InChI is InChI=1S/C16H28N4/c1-13-11-14(12-17-16(2,3)4)19-15(18-13)20-9-7-5-6-8-10-20/h11,17H,5-10,12H2,1-4H3. The molecule has 0 saturated carbocycles. The van der Waals surface area contributed by atoms with Gasteiger partial charge in [-0.15, -0.1) is 0 Å². The average molecular weight is 276 g/mol. The Morgan fingerprint density at radius 3 is 2.35 bits per heavy atom. The highest BCUT2D eigenvalue weighted by molar-refractivity contribution is 5.32. The number of hydrogen-bond donors (Lipinski definition) is 1. The maximum Gasteiger partial charge on any atom is 0.225 e. The molecule has 0 spiro atoms. The Kier molecular flexibility index (Phi) is 4.97. The van der Waals surface area contributed by atoms with Gasteiger partial charge in [0, 0.05) is 30.9 Å². The van der Waals surface area contributed by atoms with Crippen molar-refractivity contribution in [2.75, 3.05) is 18.0 Å². The zero-order valence-corrected chi connectivity index (χ0v) is 13.4. The minimum Gasteiger partial charge on any atom is -0.341 e. The Balaban J connectivity index is 2.11. The molecule has 1 aliphatic rings. The SMILES string of the molecule is Cc1cc(CNC(C)(C)C)nc(N2CCCCCC2)n1. The number of nitrogens with zero attached hydrogens (tertiary/aromatic N) is 3. The third-order valence-corrected chi connectivity index (χ3v) is 3.58. The summed E-state index contributed by atoms with van der Waals surface area (Å²) in [6, 6.07) is 2.08. The fourth-order valence-electron chi connectivity index (χ4n) is 2.48. The molecular weight excluding hydrogens is 248 g/mol. The molecule has 2 rings (SSSR count). The largest absolute Gasteiger partial charge is 0.341 e. The van der Waals surface area contributed by atoms with Crippen molar-refractivity contribution in [1.82, 2.24) is 15.3 Å². The summed E-state index contributed by atoms with van der Waals surface area (Å²) in [6.07, 6.45) is 5.18. The molecule has 1 N–H and O–H groups in total. The Bertz CT molecular complexity index is 429. The Morgan fingerprint density at radius 2 is 1.75 bits per heavy atom. The van der Waals surface area contributed by atoms with E-state index in [1.165, 1.54) is 25.7 Å². The first-order chi connectivity index (χ1) is 9.44. The molecule has 0 aromatic carbocycles. The molecule has 0 amide bonds. The van der Waals surface area contributed by atoms with E-state index >= 15 is 0 Å². The average Bonchev–Trinajstić information content (AvgIpc) is 2.64. The first-order valence-electron chi connectivity index (χ1n) is 7.78. The Morgan fingerprint density at radius 1 is 1.10 bits per heavy atom. The van der Waals surface area contributed by atoms with Crippen molar-refractivity contribution in [3.8, 4) is 0 Å². The number of anilines is 1. The number of nitrogens with one attached hydrogen (secondary N) is 1. The molecular formula is C16H28N4. The molecule has 1 aromatic heterocycles. The Labute approximate surface area is 123 Å². The maximum atomic E-state index is 4.75. The zero-order valence-electron chi connectivity index (χ0n) is 13.4. The lowest BCUT2D eigenvalue weighted by Crippen LogP contribution is -2.35. The van der Waals surface area contributed by atoms with Crippen molar-refractivity contribution in [2.45, 2.75) is 65.5 Å². The number of aromatic nitrogens is 2. The third-order valence-electron chi connectivity index (χ3n) is 3.58. The van der Waals surface area contributed by atoms with Crippen LogP contribution in [0.5, 0.6) is 0 Å². The van der Waals surface area contributed by atoms with Gasteiger partial charge in [0.15, 0.2) is 0 Å². The normalized spacial score (nSPS) is 17.1. The second-order valence-corrected chi connectivity index (χ2v) is 6.81. The highest BCUT2D eigenvalue weighted by Gasteiger charge is 2.15. The topological polar surface area (TPSA) is 41.1 Å². The molecule has 0 unspecified atom stereocenters. The summed E-state index contributed by atoms with van der Waals surface area (Å²) in [5.41, 5.74) is 2.26. The van der Waals surface area contributed by atoms with Crippen molar-refractivity contribution in [3.05, 3.63) is 17.5 Å². The summed E-state index contributed by atoms with van der Waals surface area (Å²) in [7, 11) is 0. The predicted molar refractivity (Wildman–Crippen MR) is 84.0 cm³/mol. The summed E-state index contributed by atoms with van der Waals surface area (Å²) in [6.45, 7) is 11.6. The third kappa shape index (κ3) is 4.75. The molecule has 112 valence electrons. The first kappa shape index (κ1) is 15.2. The van der Waals surface area contributed by atoms with Crippen LogP contribution in [0.4, 0.5) is 5.95 Å². The van der Waals surface area contributed by atoms with Crippen LogP contribution < -0.4 is 10.2 Å². The van der Waals surface area contributed by atoms with E-state index in [9.17, 15) is 0 Å². The van der Waals surface area contributed by atoms with Crippen LogP contribution in [0.3, 0.4) is 0 Å². The van der Waals surface area contributed by atoms with Crippen LogP contribution in [0.25, 0.3) is 0 Å². The van der Waals surface area contributed by atoms with Gasteiger partial charge in [0.05, 0.1) is 5.69 Å². The summed E-state index contributed by atoms with van der Waals surface area (Å²) < 4.78 is 0. The predicted octanol–water partition coefficient (Wildman–Crippen LogP) is 3.05. The van der Waals surface area contributed by atoms with Crippen LogP contribution in [-0.4, -0.2) is 28.6 Å². The molecule has 0 radical (unpaired) electrons. The van der Waals surface area contributed by atoms with Gasteiger partial charge in [0.1, 0.15) is 0 Å². The monoisotopic (exact) mass is 276 g/mol. The van der Waals surface area contributed by atoms with Crippen LogP contribution in [0.15, 0.2) is 6.07 Å². The maximum absolute atomic E-state index is 4.75. The fourth-order valence-corrected chi connectivity index (χ4v) is 2.48. The van der Waals surface area contributed by atoms with Crippen LogP contribution in [0, 0.1) is 6.92 Å². The van der Waals surface area contributed by atoms with E-state index in [1.54, 1.807) is 0 Å². The van der Waals surface area contributed by atoms with Gasteiger partial charge in [-0.05, 0) is 46.6 Å². The van der Waals surface area contributed by atoms with E-state index in [4.69, 9.17) is 4.98 Å². The lowest BCUT2D eigenvalue weighted by molar-refractivity contribution is 0.421. The first-order valence-corrected chi connectivity index (χ1v) is 7.78. The molecule has 0 bridgehead atoms. The van der Waals surface area contributed by atoms with Crippen LogP contribution in [0.1, 0.15) is 57.8 Å². The van der Waals surface area contributed by atoms with Gasteiger partial charge in [-0.3, -0.25) is 0 Å². The van der Waals surface area contributed by atoms with Gasteiger partial charge in [-0.25, -0.2) is 9.97 Å². The number of rotatable bonds is 3. The van der Waals surface area contributed by atoms with E-state index in [-0.39, 0.29) is 5.54 Å². The smallest absolute Gasteiger partial charge is 0.225 e. The van der Waals surface area contributed by atoms with Gasteiger partial charge in [-0.1, -0.05) is 12.8 Å². The minimum atomic E-state index is 0.113. The molecule has 1 aromatic rings. The molecule has 1 aliphatic heterocycles. The second-order valence-electron chi connectivity index (χ2n) is 6.81. The second kappa shape index (κ2) is 6.53. The van der Waals surface area contributed by atoms with E-state index < -0.39 is 0 Å². The molecule has 4 nitrogen and oxygen atoms in total. The van der Waals surface area contributed by atoms with E-state index in [0.29, 0.717) is 0 Å². The summed E-state index contributed by atoms with van der Waals surface area (Å²) in [5, 5.41) is 3.50. The van der Waals surface area contributed by atoms with Crippen molar-refractivity contribution in [1.29, 1.82) is 0 Å². The lowest BCUT2D eigenvalue weighted by Gasteiger charge is -2.23. The quantitative estimate of drug-likeness (QED) is 0.921. The van der Waals surface area contributed by atoms with Gasteiger partial charge >= 0.3 is 0 Å². The molecule has 4 heteroatoms. The molecule has 1 fully saturated rings. The minimum absolute atomic E-state index is 0.113. The number of aryl methyl sites for hydroxylation is 1. The van der Waals surface area contributed by atoms with Crippen molar-refractivity contribution < 1.29 is 0 Å². The molecule has 20 heavy (non-hydrogen) atoms. The highest BCUT2D eigenvalue weighted by atomic mass is 15.3. The highest BCUT2D eigenvalue weighted by Crippen LogP contribution is 2.17. The van der Waals surface area contributed by atoms with Crippen molar-refractivity contribution >= 4 is 5.95 Å². The van der Waals surface area contributed by atoms with Crippen LogP contribution in [-0.2, 0) is 6.54 Å². The van der Waals surface area contributed by atoms with Crippen molar-refractivity contribution in [2.24, 2.45) is 0 Å². The molecule has 0 aliphatic carbocycles. The zero-order chi connectivity index (χ0) is 14.6. The van der Waals surface area contributed by atoms with Crippen LogP contribution in [0.2, 0.25) is 0 Å². The van der Waals surface area contributed by atoms with Gasteiger partial charge in [0.25, 0.3) is 0 Å². The summed E-state index contributed by atoms with van der Waals surface area (Å²) in [4.78, 5) is 11.7. The molecule has 1 saturated heterocycles. The summed E-state index contributed by atoms with van der Waals surface area (Å²) in [5.74, 6) is 0.914. The van der Waals surface area contributed by atoms with Crippen LogP contribution >= 0.6 is 0 Å². The van der Waals surface area contributed by atoms with E-state index in [1.807, 2.05) is 0 Å². The van der Waals surface area contributed by atoms with Gasteiger partial charge < -0.3 is 10.2 Å². The molecule has 2 heterocycles. The number of hydrogen-bond acceptors (Lipinski definition) is 4. The summed E-state index contributed by atoms with van der Waals surface area (Å²) >= 11 is 0. The van der Waals surface area contributed by atoms with Gasteiger partial charge in [-0.2, -0.15) is 0 Å². The Hall–Kier alpha value is -1.16. The van der Waals surface area contributed by atoms with Gasteiger partial charge in [0.2, 0.25) is 5.95 Å². The van der Waals surface area contributed by atoms with E-state index in [0.717, 1.165) is 37.0 Å². The molecule has 0 atom stereocenters. The lowest BCUT2D eigenvalue weighted by atomic mass is 10.1. The fraction of sp³-hybridized carbons (Fsp3) is 0.750. The van der Waals surface area contributed by atoms with Crippen molar-refractivity contribution in [3.63, 3.8) is 0 Å². The van der Waals surface area contributed by atoms with E-state index in [2.05, 4.69) is 49.0 Å².